The first kappa shape index (κ1) is 19.6. The fraction of sp³-hybridized carbons (Fsp3) is 0.474. The number of hydrogen-bond donors (Lipinski definition) is 3. The molecule has 0 aromatic heterocycles. The molecular weight excluding hydrogens is 332 g/mol. The van der Waals surface area contributed by atoms with E-state index in [4.69, 9.17) is 0 Å². The molecule has 7 nitrogen and oxygen atoms in total. The van der Waals surface area contributed by atoms with E-state index in [0.29, 0.717) is 11.4 Å². The van der Waals surface area contributed by atoms with Gasteiger partial charge in [0.15, 0.2) is 0 Å². The van der Waals surface area contributed by atoms with Gasteiger partial charge in [-0.2, -0.15) is 5.10 Å². The lowest BCUT2D eigenvalue weighted by Crippen LogP contribution is -2.37. The molecule has 26 heavy (non-hydrogen) atoms. The summed E-state index contributed by atoms with van der Waals surface area (Å²) in [6.07, 6.45) is 5.63. The molecule has 3 N–H and O–H groups in total. The highest BCUT2D eigenvalue weighted by Gasteiger charge is 2.17. The number of amides is 3. The predicted molar refractivity (Wildman–Crippen MR) is 101 cm³/mol. The van der Waals surface area contributed by atoms with Gasteiger partial charge in [0.05, 0.1) is 6.42 Å². The van der Waals surface area contributed by atoms with Crippen LogP contribution in [0.3, 0.4) is 0 Å². The van der Waals surface area contributed by atoms with Crippen molar-refractivity contribution in [2.24, 2.45) is 5.10 Å². The maximum atomic E-state index is 12.0. The molecule has 7 heteroatoms. The largest absolute Gasteiger partial charge is 0.353 e. The molecule has 0 radical (unpaired) electrons. The van der Waals surface area contributed by atoms with Crippen molar-refractivity contribution in [1.29, 1.82) is 0 Å². The Morgan fingerprint density at radius 1 is 1.08 bits per heavy atom. The van der Waals surface area contributed by atoms with Crippen LogP contribution in [0.2, 0.25) is 0 Å². The van der Waals surface area contributed by atoms with Gasteiger partial charge in [-0.3, -0.25) is 14.4 Å². The van der Waals surface area contributed by atoms with E-state index in [1.54, 1.807) is 19.1 Å². The monoisotopic (exact) mass is 358 g/mol. The van der Waals surface area contributed by atoms with Crippen LogP contribution in [0.1, 0.15) is 51.0 Å². The van der Waals surface area contributed by atoms with Gasteiger partial charge in [0.2, 0.25) is 5.91 Å². The van der Waals surface area contributed by atoms with Crippen molar-refractivity contribution in [3.05, 3.63) is 29.8 Å². The summed E-state index contributed by atoms with van der Waals surface area (Å²) in [5.74, 6) is -1.79. The number of carbonyl (C=O) groups is 3. The van der Waals surface area contributed by atoms with Crippen LogP contribution >= 0.6 is 0 Å². The maximum Gasteiger partial charge on any atom is 0.329 e. The van der Waals surface area contributed by atoms with E-state index in [1.165, 1.54) is 6.42 Å². The summed E-state index contributed by atoms with van der Waals surface area (Å²) >= 11 is 0. The first-order valence-corrected chi connectivity index (χ1v) is 8.95. The highest BCUT2D eigenvalue weighted by Crippen LogP contribution is 2.17. The zero-order valence-corrected chi connectivity index (χ0v) is 15.3. The van der Waals surface area contributed by atoms with Crippen molar-refractivity contribution < 1.29 is 14.4 Å². The molecule has 0 atom stereocenters. The van der Waals surface area contributed by atoms with Gasteiger partial charge < -0.3 is 10.6 Å². The van der Waals surface area contributed by atoms with E-state index in [2.05, 4.69) is 21.2 Å². The number of anilines is 1. The van der Waals surface area contributed by atoms with Crippen LogP contribution in [0.15, 0.2) is 29.4 Å². The topological polar surface area (TPSA) is 99.7 Å². The van der Waals surface area contributed by atoms with Crippen molar-refractivity contribution in [2.45, 2.75) is 58.4 Å². The zero-order valence-electron chi connectivity index (χ0n) is 15.3. The van der Waals surface area contributed by atoms with E-state index in [0.717, 1.165) is 31.2 Å². The van der Waals surface area contributed by atoms with Crippen molar-refractivity contribution in [1.82, 2.24) is 10.7 Å². The Bertz CT molecular complexity index is 694. The van der Waals surface area contributed by atoms with Crippen molar-refractivity contribution in [3.63, 3.8) is 0 Å². The molecule has 1 fully saturated rings. The molecular formula is C19H26N4O3. The molecule has 0 unspecified atom stereocenters. The van der Waals surface area contributed by atoms with Gasteiger partial charge in [-0.25, -0.2) is 5.43 Å². The average molecular weight is 358 g/mol. The Morgan fingerprint density at radius 2 is 1.77 bits per heavy atom. The lowest BCUT2D eigenvalue weighted by molar-refractivity contribution is -0.136. The molecule has 1 aliphatic carbocycles. The van der Waals surface area contributed by atoms with Gasteiger partial charge in [0.25, 0.3) is 0 Å². The van der Waals surface area contributed by atoms with Crippen LogP contribution in [0.25, 0.3) is 0 Å². The standard InChI is InChI=1S/C19H26N4O3/c1-13-8-6-7-11-16(13)21-18(25)19(26)23-22-14(2)12-17(24)20-15-9-4-3-5-10-15/h6-8,11,15H,3-5,9-10,12H2,1-2H3,(H,20,24)(H,21,25)(H,23,26)/b22-14+. The van der Waals surface area contributed by atoms with E-state index in [9.17, 15) is 14.4 Å². The maximum absolute atomic E-state index is 12.0. The second kappa shape index (κ2) is 9.70. The number of benzene rings is 1. The molecule has 0 saturated heterocycles. The third-order valence-electron chi connectivity index (χ3n) is 4.33. The second-order valence-electron chi connectivity index (χ2n) is 6.64. The summed E-state index contributed by atoms with van der Waals surface area (Å²) in [7, 11) is 0. The quantitative estimate of drug-likeness (QED) is 0.428. The molecule has 0 spiro atoms. The number of para-hydroxylation sites is 1. The highest BCUT2D eigenvalue weighted by molar-refractivity contribution is 6.39. The number of hydrogen-bond acceptors (Lipinski definition) is 4. The molecule has 1 saturated carbocycles. The summed E-state index contributed by atoms with van der Waals surface area (Å²) in [6, 6.07) is 7.40. The summed E-state index contributed by atoms with van der Waals surface area (Å²) < 4.78 is 0. The molecule has 0 heterocycles. The summed E-state index contributed by atoms with van der Waals surface area (Å²) in [4.78, 5) is 35.7. The van der Waals surface area contributed by atoms with Crippen molar-refractivity contribution >= 4 is 29.1 Å². The summed E-state index contributed by atoms with van der Waals surface area (Å²) in [5, 5.41) is 9.35. The van der Waals surface area contributed by atoms with Crippen LogP contribution in [0.5, 0.6) is 0 Å². The molecule has 0 aliphatic heterocycles. The Kier molecular flexibility index (Phi) is 7.32. The Balaban J connectivity index is 1.77. The molecule has 2 rings (SSSR count). The Morgan fingerprint density at radius 3 is 2.46 bits per heavy atom. The smallest absolute Gasteiger partial charge is 0.329 e. The first-order chi connectivity index (χ1) is 12.5. The van der Waals surface area contributed by atoms with Crippen LogP contribution in [-0.4, -0.2) is 29.5 Å². The van der Waals surface area contributed by atoms with Gasteiger partial charge in [0, 0.05) is 17.4 Å². The van der Waals surface area contributed by atoms with Crippen LogP contribution < -0.4 is 16.1 Å². The summed E-state index contributed by atoms with van der Waals surface area (Å²) in [6.45, 7) is 3.47. The zero-order chi connectivity index (χ0) is 18.9. The van der Waals surface area contributed by atoms with Crippen molar-refractivity contribution in [2.75, 3.05) is 5.32 Å². The minimum atomic E-state index is -0.875. The van der Waals surface area contributed by atoms with Gasteiger partial charge in [0.1, 0.15) is 0 Å². The molecule has 1 aliphatic rings. The number of carbonyl (C=O) groups excluding carboxylic acids is 3. The fourth-order valence-electron chi connectivity index (χ4n) is 2.89. The average Bonchev–Trinajstić information content (AvgIpc) is 2.62. The van der Waals surface area contributed by atoms with E-state index < -0.39 is 11.8 Å². The van der Waals surface area contributed by atoms with Gasteiger partial charge in [-0.1, -0.05) is 37.5 Å². The molecule has 3 amide bonds. The Labute approximate surface area is 153 Å². The summed E-state index contributed by atoms with van der Waals surface area (Å²) in [5.41, 5.74) is 4.05. The number of nitrogens with one attached hydrogen (secondary N) is 3. The minimum Gasteiger partial charge on any atom is -0.353 e. The molecule has 1 aromatic rings. The second-order valence-corrected chi connectivity index (χ2v) is 6.64. The van der Waals surface area contributed by atoms with Crippen LogP contribution in [-0.2, 0) is 14.4 Å². The van der Waals surface area contributed by atoms with E-state index in [1.807, 2.05) is 19.1 Å². The molecule has 140 valence electrons. The lowest BCUT2D eigenvalue weighted by atomic mass is 9.95. The Hall–Kier alpha value is -2.70. The molecule has 0 bridgehead atoms. The van der Waals surface area contributed by atoms with Gasteiger partial charge in [-0.15, -0.1) is 0 Å². The minimum absolute atomic E-state index is 0.0934. The van der Waals surface area contributed by atoms with E-state index >= 15 is 0 Å². The lowest BCUT2D eigenvalue weighted by Gasteiger charge is -2.22. The van der Waals surface area contributed by atoms with Crippen molar-refractivity contribution in [3.8, 4) is 0 Å². The van der Waals surface area contributed by atoms with Crippen LogP contribution in [0, 0.1) is 6.92 Å². The normalized spacial score (nSPS) is 15.2. The number of aryl methyl sites for hydroxylation is 1. The van der Waals surface area contributed by atoms with Gasteiger partial charge in [-0.05, 0) is 38.3 Å². The third kappa shape index (κ3) is 6.31. The number of hydrazone groups is 1. The van der Waals surface area contributed by atoms with Gasteiger partial charge >= 0.3 is 11.8 Å². The number of rotatable bonds is 5. The van der Waals surface area contributed by atoms with E-state index in [-0.39, 0.29) is 18.4 Å². The van der Waals surface area contributed by atoms with Crippen LogP contribution in [0.4, 0.5) is 5.69 Å². The third-order valence-corrected chi connectivity index (χ3v) is 4.33. The first-order valence-electron chi connectivity index (χ1n) is 8.95. The molecule has 1 aromatic carbocycles. The SMILES string of the molecule is C/C(CC(=O)NC1CCCCC1)=N\NC(=O)C(=O)Nc1ccccc1C. The highest BCUT2D eigenvalue weighted by atomic mass is 16.2. The predicted octanol–water partition coefficient (Wildman–Crippen LogP) is 2.26. The number of nitrogens with zero attached hydrogens (tertiary/aromatic N) is 1. The fourth-order valence-corrected chi connectivity index (χ4v) is 2.89.